The lowest BCUT2D eigenvalue weighted by Gasteiger charge is -2.35. The predicted octanol–water partition coefficient (Wildman–Crippen LogP) is 7.06. The average Bonchev–Trinajstić information content (AvgIpc) is 3.58. The highest BCUT2D eigenvalue weighted by atomic mass is 32.1. The molecule has 5 aliphatic rings. The van der Waals surface area contributed by atoms with E-state index in [-0.39, 0.29) is 54.8 Å². The van der Waals surface area contributed by atoms with Crippen molar-refractivity contribution < 1.29 is 33.3 Å². The van der Waals surface area contributed by atoms with Crippen LogP contribution in [0.4, 0.5) is 5.69 Å². The number of thiazole rings is 1. The van der Waals surface area contributed by atoms with Crippen LogP contribution in [0.5, 0.6) is 0 Å². The first-order chi connectivity index (χ1) is 32.4. The molecule has 0 spiro atoms. The Hall–Kier alpha value is -5.19. The smallest absolute Gasteiger partial charge is 0.324 e. The minimum atomic E-state index is -0.869. The SMILES string of the molecule is CO[C@@H](C)c1ncc(N2CCOCC2)cc1-c1c2c3cc(cc4c3n1CC(OCc1ccccc1)C4)-c1csc(n1)C[C@H](NC(=O)C1[C@@H](C)[C@H]1C)C(=O)N1CCC[C@H](N1)C(=O)OCC(C)(C)C2. The van der Waals surface area contributed by atoms with Crippen molar-refractivity contribution in [2.75, 3.05) is 51.5 Å². The predicted molar refractivity (Wildman–Crippen MR) is 257 cm³/mol. The molecule has 3 aromatic heterocycles. The molecule has 67 heavy (non-hydrogen) atoms. The first-order valence-corrected chi connectivity index (χ1v) is 24.9. The molecule has 3 fully saturated rings. The van der Waals surface area contributed by atoms with Crippen molar-refractivity contribution in [2.45, 2.75) is 104 Å². The zero-order valence-electron chi connectivity index (χ0n) is 39.5. The summed E-state index contributed by atoms with van der Waals surface area (Å²) in [6.07, 6.45) is 4.12. The molecule has 354 valence electrons. The van der Waals surface area contributed by atoms with Crippen molar-refractivity contribution in [3.63, 3.8) is 0 Å². The molecule has 2 unspecified atom stereocenters. The Kier molecular flexibility index (Phi) is 12.7. The van der Waals surface area contributed by atoms with E-state index in [2.05, 4.69) is 83.6 Å². The molecule has 4 aliphatic heterocycles. The van der Waals surface area contributed by atoms with Gasteiger partial charge in [0.25, 0.3) is 5.91 Å². The van der Waals surface area contributed by atoms with E-state index < -0.39 is 23.5 Å². The highest BCUT2D eigenvalue weighted by Gasteiger charge is 2.49. The molecular formula is C52H63N7O7S. The number of benzene rings is 2. The maximum absolute atomic E-state index is 14.4. The molecule has 10 rings (SSSR count). The third-order valence-electron chi connectivity index (χ3n) is 14.7. The van der Waals surface area contributed by atoms with Gasteiger partial charge in [0.15, 0.2) is 0 Å². The lowest BCUT2D eigenvalue weighted by Crippen LogP contribution is -2.60. The molecule has 5 aromatic rings. The quantitative estimate of drug-likeness (QED) is 0.146. The maximum atomic E-state index is 14.4. The number of cyclic esters (lactones) is 1. The van der Waals surface area contributed by atoms with Gasteiger partial charge in [-0.3, -0.25) is 24.4 Å². The van der Waals surface area contributed by atoms with Gasteiger partial charge >= 0.3 is 5.97 Å². The van der Waals surface area contributed by atoms with Crippen molar-refractivity contribution in [2.24, 2.45) is 23.2 Å². The largest absolute Gasteiger partial charge is 0.464 e. The second-order valence-electron chi connectivity index (χ2n) is 20.1. The second kappa shape index (κ2) is 18.7. The maximum Gasteiger partial charge on any atom is 0.324 e. The topological polar surface area (TPSA) is 149 Å². The molecular weight excluding hydrogens is 867 g/mol. The standard InChI is InChI=1S/C52H63N7O7S/c1-30-31(2)45(30)49(60)55-42-23-44-54-43(28-67-44)34-19-35-20-37(65-27-33-11-8-7-9-12-33)26-58-47(35)38(21-34)40(24-52(4,5)29-66-51(62)41-13-10-14-59(56-41)50(42)61)48(58)39-22-36(57-15-17-64-18-16-57)25-53-46(39)32(3)63-6/h7-9,11-12,19,21-22,25,28,30-32,37,41-42,45,56H,10,13-18,20,23-24,26-27,29H2,1-6H3,(H,55,60)/t30-,31+,32-,37?,41-,42-,45?/m0/s1. The summed E-state index contributed by atoms with van der Waals surface area (Å²) in [5.41, 5.74) is 12.9. The van der Waals surface area contributed by atoms with Crippen molar-refractivity contribution >= 4 is 45.7 Å². The number of carbonyl (C=O) groups excluding carboxylic acids is 3. The Morgan fingerprint density at radius 3 is 2.61 bits per heavy atom. The number of hydrogen-bond donors (Lipinski definition) is 2. The number of nitrogens with zero attached hydrogens (tertiary/aromatic N) is 5. The average molecular weight is 930 g/mol. The van der Waals surface area contributed by atoms with Crippen molar-refractivity contribution in [3.8, 4) is 22.5 Å². The number of rotatable bonds is 9. The van der Waals surface area contributed by atoms with E-state index in [0.717, 1.165) is 79.6 Å². The fourth-order valence-corrected chi connectivity index (χ4v) is 11.5. The van der Waals surface area contributed by atoms with Gasteiger partial charge in [0.05, 0.1) is 78.1 Å². The molecule has 1 saturated carbocycles. The van der Waals surface area contributed by atoms with E-state index in [1.54, 1.807) is 7.11 Å². The number of esters is 1. The number of ether oxygens (including phenoxy) is 4. The lowest BCUT2D eigenvalue weighted by atomic mass is 9.84. The van der Waals surface area contributed by atoms with Crippen LogP contribution in [0.3, 0.4) is 0 Å². The van der Waals surface area contributed by atoms with Crippen LogP contribution in [0.15, 0.2) is 60.1 Å². The van der Waals surface area contributed by atoms with Crippen LogP contribution in [0, 0.1) is 23.2 Å². The zero-order chi connectivity index (χ0) is 46.6. The number of aromatic nitrogens is 3. The van der Waals surface area contributed by atoms with Crippen LogP contribution in [0.1, 0.15) is 81.0 Å². The molecule has 2 aromatic carbocycles. The Balaban J connectivity index is 1.14. The van der Waals surface area contributed by atoms with Gasteiger partial charge in [0.1, 0.15) is 12.1 Å². The minimum absolute atomic E-state index is 0.123. The van der Waals surface area contributed by atoms with E-state index in [4.69, 9.17) is 28.9 Å². The minimum Gasteiger partial charge on any atom is -0.464 e. The number of pyridine rings is 1. The first-order valence-electron chi connectivity index (χ1n) is 24.0. The number of carbonyl (C=O) groups is 3. The summed E-state index contributed by atoms with van der Waals surface area (Å²) in [4.78, 5) is 54.8. The van der Waals surface area contributed by atoms with E-state index in [9.17, 15) is 14.4 Å². The monoisotopic (exact) mass is 929 g/mol. The molecule has 15 heteroatoms. The fraction of sp³-hybridized carbons (Fsp3) is 0.519. The fourth-order valence-electron chi connectivity index (χ4n) is 10.6. The van der Waals surface area contributed by atoms with Gasteiger partial charge in [0.2, 0.25) is 5.91 Å². The third-order valence-corrected chi connectivity index (χ3v) is 15.6. The lowest BCUT2D eigenvalue weighted by molar-refractivity contribution is -0.155. The van der Waals surface area contributed by atoms with Crippen LogP contribution in [0.25, 0.3) is 33.4 Å². The van der Waals surface area contributed by atoms with Gasteiger partial charge in [-0.15, -0.1) is 11.3 Å². The Morgan fingerprint density at radius 2 is 1.85 bits per heavy atom. The van der Waals surface area contributed by atoms with Gasteiger partial charge in [-0.25, -0.2) is 10.4 Å². The molecule has 2 amide bonds. The summed E-state index contributed by atoms with van der Waals surface area (Å²) in [6, 6.07) is 15.5. The van der Waals surface area contributed by atoms with E-state index >= 15 is 0 Å². The molecule has 2 saturated heterocycles. The Bertz CT molecular complexity index is 2650. The summed E-state index contributed by atoms with van der Waals surface area (Å²) in [5, 5.41) is 8.53. The summed E-state index contributed by atoms with van der Waals surface area (Å²) in [6.45, 7) is 15.0. The number of amides is 2. The van der Waals surface area contributed by atoms with E-state index in [1.165, 1.54) is 16.3 Å². The Morgan fingerprint density at radius 1 is 1.06 bits per heavy atom. The first kappa shape index (κ1) is 45.6. The number of anilines is 1. The molecule has 7 atom stereocenters. The summed E-state index contributed by atoms with van der Waals surface area (Å²) in [7, 11) is 1.72. The van der Waals surface area contributed by atoms with Gasteiger partial charge < -0.3 is 33.7 Å². The Labute approximate surface area is 396 Å². The zero-order valence-corrected chi connectivity index (χ0v) is 40.3. The molecule has 6 bridgehead atoms. The molecule has 7 heterocycles. The number of fused-ring (bicyclic) bond motifs is 6. The molecule has 1 aliphatic carbocycles. The van der Waals surface area contributed by atoms with Crippen molar-refractivity contribution in [1.82, 2.24) is 30.3 Å². The van der Waals surface area contributed by atoms with Gasteiger partial charge in [0, 0.05) is 79.4 Å². The number of morpholine rings is 1. The van der Waals surface area contributed by atoms with E-state index in [1.807, 2.05) is 31.3 Å². The van der Waals surface area contributed by atoms with Crippen LogP contribution in [-0.4, -0.2) is 102 Å². The van der Waals surface area contributed by atoms with Crippen LogP contribution in [-0.2, 0) is 65.7 Å². The normalized spacial score (nSPS) is 25.6. The summed E-state index contributed by atoms with van der Waals surface area (Å²) < 4.78 is 27.4. The molecule has 2 N–H and O–H groups in total. The number of hydrogen-bond acceptors (Lipinski definition) is 12. The van der Waals surface area contributed by atoms with Crippen LogP contribution in [0.2, 0.25) is 0 Å². The van der Waals surface area contributed by atoms with Crippen LogP contribution < -0.4 is 15.6 Å². The van der Waals surface area contributed by atoms with Gasteiger partial charge in [-0.05, 0) is 72.9 Å². The van der Waals surface area contributed by atoms with Gasteiger partial charge in [-0.1, -0.05) is 58.0 Å². The van der Waals surface area contributed by atoms with Gasteiger partial charge in [-0.2, -0.15) is 0 Å². The molecule has 0 radical (unpaired) electrons. The van der Waals surface area contributed by atoms with Crippen molar-refractivity contribution in [1.29, 1.82) is 0 Å². The van der Waals surface area contributed by atoms with E-state index in [0.29, 0.717) is 58.6 Å². The highest BCUT2D eigenvalue weighted by Crippen LogP contribution is 2.47. The molecule has 14 nitrogen and oxygen atoms in total. The summed E-state index contributed by atoms with van der Waals surface area (Å²) in [5.74, 6) is -0.462. The number of nitrogens with one attached hydrogen (secondary N) is 2. The third kappa shape index (κ3) is 9.25. The number of methoxy groups -OCH3 is 1. The number of hydrazine groups is 1. The van der Waals surface area contributed by atoms with Crippen molar-refractivity contribution in [3.05, 3.63) is 87.5 Å². The second-order valence-corrected chi connectivity index (χ2v) is 21.0. The summed E-state index contributed by atoms with van der Waals surface area (Å²) >= 11 is 1.49. The highest BCUT2D eigenvalue weighted by molar-refractivity contribution is 7.10. The van der Waals surface area contributed by atoms with Crippen LogP contribution >= 0.6 is 11.3 Å².